The van der Waals surface area contributed by atoms with E-state index in [4.69, 9.17) is 14.2 Å². The molecule has 0 aliphatic heterocycles. The van der Waals surface area contributed by atoms with Gasteiger partial charge in [0.2, 0.25) is 0 Å². The molecule has 0 heterocycles. The maximum atomic E-state index is 10.5. The number of benzene rings is 2. The van der Waals surface area contributed by atoms with E-state index in [1.165, 1.54) is 6.07 Å². The van der Waals surface area contributed by atoms with Crippen LogP contribution in [0.4, 0.5) is 0 Å². The fourth-order valence-corrected chi connectivity index (χ4v) is 3.64. The average Bonchev–Trinajstić information content (AvgIpc) is 2.66. The van der Waals surface area contributed by atoms with Crippen molar-refractivity contribution < 1.29 is 29.5 Å². The van der Waals surface area contributed by atoms with Crippen LogP contribution in [0, 0.1) is 0 Å². The second-order valence-electron chi connectivity index (χ2n) is 5.43. The van der Waals surface area contributed by atoms with Gasteiger partial charge in [-0.3, -0.25) is 0 Å². The van der Waals surface area contributed by atoms with Gasteiger partial charge < -0.3 is 29.5 Å². The third kappa shape index (κ3) is 5.08. The normalized spacial score (nSPS) is 11.0. The number of phenols is 3. The van der Waals surface area contributed by atoms with Gasteiger partial charge in [-0.1, -0.05) is 0 Å². The smallest absolute Gasteiger partial charge is 0.175 e. The van der Waals surface area contributed by atoms with E-state index in [0.29, 0.717) is 34.3 Å². The van der Waals surface area contributed by atoms with Crippen molar-refractivity contribution >= 4 is 47.8 Å². The summed E-state index contributed by atoms with van der Waals surface area (Å²) in [6, 6.07) is 3.00. The third-order valence-electron chi connectivity index (χ3n) is 3.61. The molecule has 2 aromatic rings. The first-order valence-corrected chi connectivity index (χ1v) is 10.5. The van der Waals surface area contributed by atoms with Crippen LogP contribution in [0.3, 0.4) is 0 Å². The lowest BCUT2D eigenvalue weighted by Gasteiger charge is -2.18. The molecule has 2 aromatic carbocycles. The number of halogens is 3. The second-order valence-corrected chi connectivity index (χ2v) is 7.81. The number of aromatic hydroxyl groups is 3. The lowest BCUT2D eigenvalue weighted by Crippen LogP contribution is -2.00. The van der Waals surface area contributed by atoms with Crippen LogP contribution >= 0.6 is 47.8 Å². The highest BCUT2D eigenvalue weighted by Gasteiger charge is 2.22. The summed E-state index contributed by atoms with van der Waals surface area (Å²) in [6.07, 6.45) is 0. The Hall–Kier alpha value is -1.00. The SMILES string of the molecule is CCOCc1cc(Oc2c(COCC)cc(O)c(O)c2Br)c(O)c(Br)c1Br. The molecule has 6 nitrogen and oxygen atoms in total. The Morgan fingerprint density at radius 3 is 1.96 bits per heavy atom. The van der Waals surface area contributed by atoms with Crippen molar-refractivity contribution in [2.24, 2.45) is 0 Å². The lowest BCUT2D eigenvalue weighted by atomic mass is 10.1. The van der Waals surface area contributed by atoms with Gasteiger partial charge in [-0.2, -0.15) is 0 Å². The average molecular weight is 571 g/mol. The Bertz CT molecular complexity index is 826. The maximum Gasteiger partial charge on any atom is 0.175 e. The van der Waals surface area contributed by atoms with E-state index in [-0.39, 0.29) is 39.8 Å². The first-order chi connectivity index (χ1) is 12.8. The van der Waals surface area contributed by atoms with E-state index >= 15 is 0 Å². The van der Waals surface area contributed by atoms with Crippen molar-refractivity contribution in [3.8, 4) is 28.7 Å². The summed E-state index contributed by atoms with van der Waals surface area (Å²) in [7, 11) is 0. The van der Waals surface area contributed by atoms with E-state index in [2.05, 4.69) is 47.8 Å². The Morgan fingerprint density at radius 2 is 1.37 bits per heavy atom. The second kappa shape index (κ2) is 9.97. The van der Waals surface area contributed by atoms with E-state index in [0.717, 1.165) is 5.56 Å². The Balaban J connectivity index is 2.52. The predicted molar refractivity (Wildman–Crippen MR) is 112 cm³/mol. The summed E-state index contributed by atoms with van der Waals surface area (Å²) in [5.41, 5.74) is 1.27. The minimum absolute atomic E-state index is 0.121. The Labute approximate surface area is 182 Å². The molecule has 0 spiro atoms. The van der Waals surface area contributed by atoms with Crippen molar-refractivity contribution in [2.75, 3.05) is 13.2 Å². The monoisotopic (exact) mass is 568 g/mol. The van der Waals surface area contributed by atoms with Crippen molar-refractivity contribution in [2.45, 2.75) is 27.1 Å². The van der Waals surface area contributed by atoms with Crippen molar-refractivity contribution in [1.82, 2.24) is 0 Å². The summed E-state index contributed by atoms with van der Waals surface area (Å²) in [4.78, 5) is 0. The zero-order valence-electron chi connectivity index (χ0n) is 14.7. The minimum Gasteiger partial charge on any atom is -0.504 e. The van der Waals surface area contributed by atoms with Gasteiger partial charge in [-0.25, -0.2) is 0 Å². The molecule has 0 atom stereocenters. The van der Waals surface area contributed by atoms with Gasteiger partial charge >= 0.3 is 0 Å². The molecule has 148 valence electrons. The molecule has 3 N–H and O–H groups in total. The number of phenolic OH excluding ortho intramolecular Hbond substituents is 3. The maximum absolute atomic E-state index is 10.5. The Morgan fingerprint density at radius 1 is 0.778 bits per heavy atom. The van der Waals surface area contributed by atoms with Gasteiger partial charge in [0.15, 0.2) is 28.7 Å². The summed E-state index contributed by atoms with van der Waals surface area (Å²) in [5.74, 6) is -0.407. The highest BCUT2D eigenvalue weighted by Crippen LogP contribution is 2.48. The highest BCUT2D eigenvalue weighted by molar-refractivity contribution is 9.13. The van der Waals surface area contributed by atoms with Crippen LogP contribution in [-0.4, -0.2) is 28.5 Å². The fraction of sp³-hybridized carbons (Fsp3) is 0.333. The molecule has 0 unspecified atom stereocenters. The zero-order chi connectivity index (χ0) is 20.1. The van der Waals surface area contributed by atoms with Crippen molar-refractivity contribution in [3.05, 3.63) is 36.7 Å². The molecule has 2 rings (SSSR count). The number of hydrogen-bond donors (Lipinski definition) is 3. The van der Waals surface area contributed by atoms with Crippen LogP contribution in [0.25, 0.3) is 0 Å². The summed E-state index contributed by atoms with van der Waals surface area (Å²) in [5, 5.41) is 30.4. The molecule has 0 bridgehead atoms. The molecule has 0 amide bonds. The molecular weight excluding hydrogens is 552 g/mol. The van der Waals surface area contributed by atoms with Crippen molar-refractivity contribution in [1.29, 1.82) is 0 Å². The molecule has 0 aromatic heterocycles. The van der Waals surface area contributed by atoms with Crippen LogP contribution in [0.2, 0.25) is 0 Å². The van der Waals surface area contributed by atoms with Crippen LogP contribution in [0.1, 0.15) is 25.0 Å². The molecule has 9 heteroatoms. The van der Waals surface area contributed by atoms with Gasteiger partial charge in [0, 0.05) is 23.2 Å². The molecule has 27 heavy (non-hydrogen) atoms. The molecule has 0 aliphatic carbocycles. The van der Waals surface area contributed by atoms with Gasteiger partial charge in [-0.15, -0.1) is 0 Å². The first kappa shape index (κ1) is 22.3. The molecule has 0 saturated carbocycles. The zero-order valence-corrected chi connectivity index (χ0v) is 19.4. The van der Waals surface area contributed by atoms with Crippen LogP contribution < -0.4 is 4.74 Å². The summed E-state index contributed by atoms with van der Waals surface area (Å²) < 4.78 is 18.0. The first-order valence-electron chi connectivity index (χ1n) is 8.08. The van der Waals surface area contributed by atoms with Crippen LogP contribution in [0.15, 0.2) is 25.6 Å². The van der Waals surface area contributed by atoms with E-state index in [1.807, 2.05) is 13.8 Å². The minimum atomic E-state index is -0.365. The third-order valence-corrected chi connectivity index (χ3v) is 6.55. The summed E-state index contributed by atoms with van der Waals surface area (Å²) in [6.45, 7) is 5.20. The standard InChI is InChI=1S/C18H19Br3O6/c1-3-25-7-9-6-12(17(24)14(20)13(9)19)27-18-10(8-26-4-2)5-11(22)16(23)15(18)21/h5-6,22-24H,3-4,7-8H2,1-2H3. The van der Waals surface area contributed by atoms with Crippen LogP contribution in [-0.2, 0) is 22.7 Å². The van der Waals surface area contributed by atoms with Crippen LogP contribution in [0.5, 0.6) is 28.7 Å². The summed E-state index contributed by atoms with van der Waals surface area (Å²) >= 11 is 9.98. The topological polar surface area (TPSA) is 88.4 Å². The lowest BCUT2D eigenvalue weighted by molar-refractivity contribution is 0.131. The largest absolute Gasteiger partial charge is 0.504 e. The number of ether oxygens (including phenoxy) is 3. The molecule has 0 saturated heterocycles. The van der Waals surface area contributed by atoms with E-state index in [9.17, 15) is 15.3 Å². The van der Waals surface area contributed by atoms with E-state index in [1.54, 1.807) is 6.07 Å². The quantitative estimate of drug-likeness (QED) is 0.340. The molecular formula is C18H19Br3O6. The molecule has 0 radical (unpaired) electrons. The van der Waals surface area contributed by atoms with E-state index < -0.39 is 0 Å². The fourth-order valence-electron chi connectivity index (χ4n) is 2.24. The van der Waals surface area contributed by atoms with Crippen molar-refractivity contribution in [3.63, 3.8) is 0 Å². The highest BCUT2D eigenvalue weighted by atomic mass is 79.9. The Kier molecular flexibility index (Phi) is 8.23. The molecule has 0 fully saturated rings. The number of hydrogen-bond acceptors (Lipinski definition) is 6. The number of rotatable bonds is 8. The van der Waals surface area contributed by atoms with Gasteiger partial charge in [0.05, 0.1) is 17.7 Å². The van der Waals surface area contributed by atoms with Gasteiger partial charge in [0.25, 0.3) is 0 Å². The van der Waals surface area contributed by atoms with Gasteiger partial charge in [-0.05, 0) is 79.3 Å². The molecule has 0 aliphatic rings. The van der Waals surface area contributed by atoms with Gasteiger partial charge in [0.1, 0.15) is 4.47 Å². The predicted octanol–water partition coefficient (Wildman–Crippen LogP) is 5.96.